The van der Waals surface area contributed by atoms with Gasteiger partial charge < -0.3 is 16.3 Å². The number of oxime groups is 1. The molecule has 4 N–H and O–H groups in total. The van der Waals surface area contributed by atoms with Gasteiger partial charge in [-0.1, -0.05) is 35.5 Å². The summed E-state index contributed by atoms with van der Waals surface area (Å²) in [6.07, 6.45) is 2.91. The quantitative estimate of drug-likeness (QED) is 0.338. The first-order valence-electron chi connectivity index (χ1n) is 6.90. The molecular formula is C16H19N3O. The minimum absolute atomic E-state index is 0.169. The van der Waals surface area contributed by atoms with Gasteiger partial charge in [0.25, 0.3) is 0 Å². The first-order valence-corrected chi connectivity index (χ1v) is 6.90. The van der Waals surface area contributed by atoms with Gasteiger partial charge in [0.15, 0.2) is 0 Å². The highest BCUT2D eigenvalue weighted by Gasteiger charge is 2.43. The second-order valence-electron chi connectivity index (χ2n) is 5.68. The van der Waals surface area contributed by atoms with Gasteiger partial charge in [-0.25, -0.2) is 0 Å². The van der Waals surface area contributed by atoms with Crippen molar-refractivity contribution in [3.8, 4) is 0 Å². The second kappa shape index (κ2) is 5.04. The van der Waals surface area contributed by atoms with Crippen molar-refractivity contribution in [2.24, 2.45) is 16.3 Å². The van der Waals surface area contributed by atoms with Crippen molar-refractivity contribution in [3.63, 3.8) is 0 Å². The number of nitrogens with two attached hydrogens (primary N) is 1. The third-order valence-electron chi connectivity index (χ3n) is 4.06. The van der Waals surface area contributed by atoms with Crippen LogP contribution in [0.15, 0.2) is 47.6 Å². The number of amidine groups is 1. The zero-order valence-electron chi connectivity index (χ0n) is 11.3. The van der Waals surface area contributed by atoms with Crippen LogP contribution >= 0.6 is 0 Å². The molecule has 0 radical (unpaired) electrons. The third-order valence-corrected chi connectivity index (χ3v) is 4.06. The van der Waals surface area contributed by atoms with Gasteiger partial charge in [-0.15, -0.1) is 0 Å². The van der Waals surface area contributed by atoms with E-state index in [1.54, 1.807) is 0 Å². The van der Waals surface area contributed by atoms with E-state index >= 15 is 0 Å². The molecule has 3 rings (SSSR count). The van der Waals surface area contributed by atoms with E-state index in [1.165, 1.54) is 10.8 Å². The number of benzene rings is 2. The van der Waals surface area contributed by atoms with Crippen LogP contribution < -0.4 is 11.1 Å². The molecule has 0 atom stereocenters. The fourth-order valence-electron chi connectivity index (χ4n) is 2.60. The molecule has 0 saturated heterocycles. The van der Waals surface area contributed by atoms with Crippen molar-refractivity contribution in [2.45, 2.75) is 19.3 Å². The molecule has 0 unspecified atom stereocenters. The smallest absolute Gasteiger partial charge is 0.139 e. The Morgan fingerprint density at radius 2 is 1.95 bits per heavy atom. The van der Waals surface area contributed by atoms with Crippen LogP contribution in [0.4, 0.5) is 5.69 Å². The lowest BCUT2D eigenvalue weighted by Gasteiger charge is -2.16. The molecular weight excluding hydrogens is 250 g/mol. The summed E-state index contributed by atoms with van der Waals surface area (Å²) in [5.41, 5.74) is 6.90. The summed E-state index contributed by atoms with van der Waals surface area (Å²) in [5, 5.41) is 17.7. The lowest BCUT2D eigenvalue weighted by molar-refractivity contribution is 0.315. The monoisotopic (exact) mass is 269 g/mol. The predicted molar refractivity (Wildman–Crippen MR) is 82.1 cm³/mol. The molecule has 1 aliphatic carbocycles. The van der Waals surface area contributed by atoms with Gasteiger partial charge in [0, 0.05) is 18.7 Å². The largest absolute Gasteiger partial charge is 0.409 e. The van der Waals surface area contributed by atoms with Crippen LogP contribution in [0, 0.1) is 5.41 Å². The average Bonchev–Trinajstić information content (AvgIpc) is 3.25. The Balaban J connectivity index is 1.68. The summed E-state index contributed by atoms with van der Waals surface area (Å²) in [6, 6.07) is 14.7. The van der Waals surface area contributed by atoms with E-state index < -0.39 is 0 Å². The molecule has 0 aliphatic heterocycles. The fraction of sp³-hybridized carbons (Fsp3) is 0.312. The lowest BCUT2D eigenvalue weighted by Crippen LogP contribution is -2.23. The number of nitrogens with zero attached hydrogens (tertiary/aromatic N) is 1. The van der Waals surface area contributed by atoms with Crippen LogP contribution in [0.5, 0.6) is 0 Å². The van der Waals surface area contributed by atoms with Crippen molar-refractivity contribution in [1.29, 1.82) is 0 Å². The summed E-state index contributed by atoms with van der Waals surface area (Å²) in [5.74, 6) is 0.322. The Bertz CT molecular complexity index is 647. The highest BCUT2D eigenvalue weighted by molar-refractivity contribution is 5.85. The highest BCUT2D eigenvalue weighted by atomic mass is 16.4. The minimum Gasteiger partial charge on any atom is -0.409 e. The Morgan fingerprint density at radius 1 is 1.20 bits per heavy atom. The zero-order valence-corrected chi connectivity index (χ0v) is 11.3. The molecule has 1 saturated carbocycles. The average molecular weight is 269 g/mol. The maximum absolute atomic E-state index is 8.67. The molecule has 0 spiro atoms. The number of hydrogen-bond acceptors (Lipinski definition) is 3. The van der Waals surface area contributed by atoms with Crippen molar-refractivity contribution in [1.82, 2.24) is 0 Å². The minimum atomic E-state index is 0.169. The van der Waals surface area contributed by atoms with E-state index in [0.717, 1.165) is 25.1 Å². The van der Waals surface area contributed by atoms with Gasteiger partial charge in [0.05, 0.1) is 0 Å². The SMILES string of the molecule is NC(CC1(CNc2ccc3ccccc3c2)CC1)=NO. The molecule has 1 aliphatic rings. The van der Waals surface area contributed by atoms with Crippen LogP contribution in [-0.2, 0) is 0 Å². The molecule has 4 heteroatoms. The van der Waals surface area contributed by atoms with E-state index in [-0.39, 0.29) is 5.41 Å². The molecule has 0 heterocycles. The molecule has 0 amide bonds. The third kappa shape index (κ3) is 2.69. The normalized spacial score (nSPS) is 17.1. The van der Waals surface area contributed by atoms with Gasteiger partial charge in [0.1, 0.15) is 5.84 Å². The van der Waals surface area contributed by atoms with Gasteiger partial charge >= 0.3 is 0 Å². The summed E-state index contributed by atoms with van der Waals surface area (Å²) in [4.78, 5) is 0. The number of nitrogens with one attached hydrogen (secondary N) is 1. The lowest BCUT2D eigenvalue weighted by atomic mass is 10.0. The number of fused-ring (bicyclic) bond motifs is 1. The predicted octanol–water partition coefficient (Wildman–Crippen LogP) is 3.17. The van der Waals surface area contributed by atoms with E-state index in [9.17, 15) is 0 Å². The number of hydrogen-bond donors (Lipinski definition) is 3. The van der Waals surface area contributed by atoms with Crippen LogP contribution in [-0.4, -0.2) is 17.6 Å². The Hall–Kier alpha value is -2.23. The number of anilines is 1. The van der Waals surface area contributed by atoms with Gasteiger partial charge in [-0.05, 0) is 41.2 Å². The summed E-state index contributed by atoms with van der Waals surface area (Å²) >= 11 is 0. The Labute approximate surface area is 118 Å². The molecule has 1 fully saturated rings. The molecule has 0 aromatic heterocycles. The molecule has 2 aromatic rings. The zero-order chi connectivity index (χ0) is 14.0. The highest BCUT2D eigenvalue weighted by Crippen LogP contribution is 2.48. The van der Waals surface area contributed by atoms with E-state index in [2.05, 4.69) is 40.8 Å². The van der Waals surface area contributed by atoms with Crippen molar-refractivity contribution in [2.75, 3.05) is 11.9 Å². The van der Waals surface area contributed by atoms with Crippen LogP contribution in [0.25, 0.3) is 10.8 Å². The first kappa shape index (κ1) is 12.8. The van der Waals surface area contributed by atoms with Crippen LogP contribution in [0.3, 0.4) is 0 Å². The maximum atomic E-state index is 8.67. The van der Waals surface area contributed by atoms with Crippen molar-refractivity contribution < 1.29 is 5.21 Å². The summed E-state index contributed by atoms with van der Waals surface area (Å²) in [6.45, 7) is 0.863. The molecule has 20 heavy (non-hydrogen) atoms. The fourth-order valence-corrected chi connectivity index (χ4v) is 2.60. The van der Waals surface area contributed by atoms with Gasteiger partial charge in [0.2, 0.25) is 0 Å². The van der Waals surface area contributed by atoms with Crippen LogP contribution in [0.2, 0.25) is 0 Å². The molecule has 2 aromatic carbocycles. The second-order valence-corrected chi connectivity index (χ2v) is 5.68. The topological polar surface area (TPSA) is 70.6 Å². The molecule has 4 nitrogen and oxygen atoms in total. The summed E-state index contributed by atoms with van der Waals surface area (Å²) in [7, 11) is 0. The maximum Gasteiger partial charge on any atom is 0.139 e. The van der Waals surface area contributed by atoms with Crippen molar-refractivity contribution in [3.05, 3.63) is 42.5 Å². The summed E-state index contributed by atoms with van der Waals surface area (Å²) < 4.78 is 0. The molecule has 0 bridgehead atoms. The van der Waals surface area contributed by atoms with E-state index in [1.807, 2.05) is 12.1 Å². The standard InChI is InChI=1S/C16H19N3O/c17-15(19-20)10-16(7-8-16)11-18-14-6-5-12-3-1-2-4-13(12)9-14/h1-6,9,18,20H,7-8,10-11H2,(H2,17,19). The van der Waals surface area contributed by atoms with Crippen molar-refractivity contribution >= 4 is 22.3 Å². The molecule has 104 valence electrons. The van der Waals surface area contributed by atoms with Gasteiger partial charge in [-0.2, -0.15) is 0 Å². The Kier molecular flexibility index (Phi) is 3.22. The Morgan fingerprint density at radius 3 is 2.65 bits per heavy atom. The first-order chi connectivity index (χ1) is 9.71. The van der Waals surface area contributed by atoms with E-state index in [4.69, 9.17) is 10.9 Å². The van der Waals surface area contributed by atoms with E-state index in [0.29, 0.717) is 12.3 Å². The number of rotatable bonds is 5. The van der Waals surface area contributed by atoms with Crippen LogP contribution in [0.1, 0.15) is 19.3 Å². The van der Waals surface area contributed by atoms with Gasteiger partial charge in [-0.3, -0.25) is 0 Å².